The second-order valence-electron chi connectivity index (χ2n) is 4.68. The fraction of sp³-hybridized carbons (Fsp3) is 0.0588. The zero-order chi connectivity index (χ0) is 14.7. The van der Waals surface area contributed by atoms with E-state index in [2.05, 4.69) is 5.10 Å². The first-order chi connectivity index (χ1) is 10.2. The van der Waals surface area contributed by atoms with Crippen LogP contribution in [0.5, 0.6) is 0 Å². The first-order valence-electron chi connectivity index (χ1n) is 6.61. The summed E-state index contributed by atoms with van der Waals surface area (Å²) in [5.41, 5.74) is 1.60. The van der Waals surface area contributed by atoms with E-state index >= 15 is 0 Å². The second-order valence-corrected chi connectivity index (χ2v) is 4.68. The molecule has 3 nitrogen and oxygen atoms in total. The molecule has 104 valence electrons. The van der Waals surface area contributed by atoms with Crippen molar-refractivity contribution in [2.75, 3.05) is 0 Å². The van der Waals surface area contributed by atoms with E-state index in [1.807, 2.05) is 30.3 Å². The van der Waals surface area contributed by atoms with Crippen LogP contribution >= 0.6 is 0 Å². The Hall–Kier alpha value is -2.75. The third-order valence-electron chi connectivity index (χ3n) is 3.19. The Bertz CT molecular complexity index is 812. The number of hydrogen-bond acceptors (Lipinski definition) is 2. The van der Waals surface area contributed by atoms with Gasteiger partial charge in [-0.1, -0.05) is 42.5 Å². The van der Waals surface area contributed by atoms with Crippen molar-refractivity contribution in [2.24, 2.45) is 0 Å². The average molecular weight is 280 g/mol. The van der Waals surface area contributed by atoms with Crippen molar-refractivity contribution in [3.63, 3.8) is 0 Å². The number of aromatic nitrogens is 2. The molecule has 0 spiro atoms. The van der Waals surface area contributed by atoms with Gasteiger partial charge in [0.2, 0.25) is 0 Å². The van der Waals surface area contributed by atoms with Gasteiger partial charge >= 0.3 is 0 Å². The van der Waals surface area contributed by atoms with Crippen LogP contribution < -0.4 is 5.56 Å². The van der Waals surface area contributed by atoms with Crippen molar-refractivity contribution in [3.05, 3.63) is 88.5 Å². The van der Waals surface area contributed by atoms with Crippen LogP contribution in [-0.2, 0) is 6.54 Å². The monoisotopic (exact) mass is 280 g/mol. The molecule has 1 heterocycles. The first kappa shape index (κ1) is 13.2. The van der Waals surface area contributed by atoms with Crippen LogP contribution in [0, 0.1) is 5.82 Å². The number of benzene rings is 2. The summed E-state index contributed by atoms with van der Waals surface area (Å²) in [5.74, 6) is -0.352. The highest BCUT2D eigenvalue weighted by atomic mass is 19.1. The maximum Gasteiger partial charge on any atom is 0.267 e. The minimum Gasteiger partial charge on any atom is -0.268 e. The Kier molecular flexibility index (Phi) is 3.60. The van der Waals surface area contributed by atoms with E-state index in [0.717, 1.165) is 5.56 Å². The maximum absolute atomic E-state index is 13.8. The SMILES string of the molecule is O=c1ccc(-c2ccccc2F)nn1Cc1ccccc1. The summed E-state index contributed by atoms with van der Waals surface area (Å²) in [5, 5.41) is 4.26. The largest absolute Gasteiger partial charge is 0.268 e. The number of rotatable bonds is 3. The van der Waals surface area contributed by atoms with Gasteiger partial charge in [0, 0.05) is 11.6 Å². The normalized spacial score (nSPS) is 10.5. The van der Waals surface area contributed by atoms with Crippen LogP contribution in [0.25, 0.3) is 11.3 Å². The molecule has 3 aromatic rings. The highest BCUT2D eigenvalue weighted by molar-refractivity contribution is 5.58. The fourth-order valence-corrected chi connectivity index (χ4v) is 2.13. The number of nitrogens with zero attached hydrogens (tertiary/aromatic N) is 2. The number of halogens is 1. The molecule has 0 saturated heterocycles. The Balaban J connectivity index is 2.01. The lowest BCUT2D eigenvalue weighted by atomic mass is 10.1. The molecule has 0 aliphatic carbocycles. The van der Waals surface area contributed by atoms with Crippen LogP contribution in [-0.4, -0.2) is 9.78 Å². The van der Waals surface area contributed by atoms with Gasteiger partial charge in [0.1, 0.15) is 5.82 Å². The van der Waals surface area contributed by atoms with Crippen molar-refractivity contribution in [3.8, 4) is 11.3 Å². The summed E-state index contributed by atoms with van der Waals surface area (Å²) in [6.07, 6.45) is 0. The molecule has 21 heavy (non-hydrogen) atoms. The highest BCUT2D eigenvalue weighted by Gasteiger charge is 2.08. The Morgan fingerprint density at radius 3 is 2.38 bits per heavy atom. The molecule has 0 atom stereocenters. The van der Waals surface area contributed by atoms with Crippen molar-refractivity contribution in [1.82, 2.24) is 9.78 Å². The smallest absolute Gasteiger partial charge is 0.267 e. The fourth-order valence-electron chi connectivity index (χ4n) is 2.13. The van der Waals surface area contributed by atoms with Crippen LogP contribution in [0.1, 0.15) is 5.56 Å². The zero-order valence-electron chi connectivity index (χ0n) is 11.2. The van der Waals surface area contributed by atoms with E-state index in [4.69, 9.17) is 0 Å². The van der Waals surface area contributed by atoms with Crippen molar-refractivity contribution in [1.29, 1.82) is 0 Å². The molecule has 4 heteroatoms. The molecule has 0 saturated carbocycles. The molecule has 0 unspecified atom stereocenters. The lowest BCUT2D eigenvalue weighted by Gasteiger charge is -2.08. The highest BCUT2D eigenvalue weighted by Crippen LogP contribution is 2.18. The van der Waals surface area contributed by atoms with Gasteiger partial charge in [-0.25, -0.2) is 9.07 Å². The summed E-state index contributed by atoms with van der Waals surface area (Å²) in [6.45, 7) is 0.363. The van der Waals surface area contributed by atoms with E-state index in [1.165, 1.54) is 16.8 Å². The summed E-state index contributed by atoms with van der Waals surface area (Å²) < 4.78 is 15.2. The molecular weight excluding hydrogens is 267 g/mol. The first-order valence-corrected chi connectivity index (χ1v) is 6.61. The number of hydrogen-bond donors (Lipinski definition) is 0. The van der Waals surface area contributed by atoms with Crippen molar-refractivity contribution in [2.45, 2.75) is 6.54 Å². The third kappa shape index (κ3) is 2.89. The van der Waals surface area contributed by atoms with Gasteiger partial charge in [0.25, 0.3) is 5.56 Å². The maximum atomic E-state index is 13.8. The van der Waals surface area contributed by atoms with Gasteiger partial charge in [-0.05, 0) is 23.8 Å². The van der Waals surface area contributed by atoms with Gasteiger partial charge in [-0.15, -0.1) is 0 Å². The van der Waals surface area contributed by atoms with Gasteiger partial charge in [-0.2, -0.15) is 5.10 Å². The van der Waals surface area contributed by atoms with Gasteiger partial charge < -0.3 is 0 Å². The molecule has 0 amide bonds. The van der Waals surface area contributed by atoms with Gasteiger partial charge in [0.15, 0.2) is 0 Å². The molecular formula is C17H13FN2O. The molecule has 0 aliphatic rings. The van der Waals surface area contributed by atoms with Gasteiger partial charge in [0.05, 0.1) is 12.2 Å². The predicted octanol–water partition coefficient (Wildman–Crippen LogP) is 3.10. The Labute approximate surface area is 121 Å². The van der Waals surface area contributed by atoms with Crippen LogP contribution in [0.15, 0.2) is 71.5 Å². The quantitative estimate of drug-likeness (QED) is 0.739. The predicted molar refractivity (Wildman–Crippen MR) is 79.4 cm³/mol. The van der Waals surface area contributed by atoms with Crippen LogP contribution in [0.4, 0.5) is 4.39 Å². The average Bonchev–Trinajstić information content (AvgIpc) is 2.51. The molecule has 0 aliphatic heterocycles. The standard InChI is InChI=1S/C17H13FN2O/c18-15-9-5-4-8-14(15)16-10-11-17(21)20(19-16)12-13-6-2-1-3-7-13/h1-11H,12H2. The minimum atomic E-state index is -0.352. The van der Waals surface area contributed by atoms with Crippen LogP contribution in [0.2, 0.25) is 0 Å². The Morgan fingerprint density at radius 2 is 1.62 bits per heavy atom. The third-order valence-corrected chi connectivity index (χ3v) is 3.19. The van der Waals surface area contributed by atoms with E-state index in [9.17, 15) is 9.18 Å². The lowest BCUT2D eigenvalue weighted by Crippen LogP contribution is -2.22. The molecule has 1 aromatic heterocycles. The van der Waals surface area contributed by atoms with E-state index in [0.29, 0.717) is 17.8 Å². The molecule has 2 aromatic carbocycles. The zero-order valence-corrected chi connectivity index (χ0v) is 11.2. The van der Waals surface area contributed by atoms with E-state index < -0.39 is 0 Å². The molecule has 0 N–H and O–H groups in total. The van der Waals surface area contributed by atoms with Gasteiger partial charge in [-0.3, -0.25) is 4.79 Å². The Morgan fingerprint density at radius 1 is 0.905 bits per heavy atom. The van der Waals surface area contributed by atoms with Crippen molar-refractivity contribution < 1.29 is 4.39 Å². The van der Waals surface area contributed by atoms with E-state index in [1.54, 1.807) is 24.3 Å². The molecule has 0 fully saturated rings. The lowest BCUT2D eigenvalue weighted by molar-refractivity contribution is 0.620. The topological polar surface area (TPSA) is 34.9 Å². The summed E-state index contributed by atoms with van der Waals surface area (Å²) >= 11 is 0. The summed E-state index contributed by atoms with van der Waals surface area (Å²) in [4.78, 5) is 11.9. The minimum absolute atomic E-state index is 0.209. The van der Waals surface area contributed by atoms with Crippen molar-refractivity contribution >= 4 is 0 Å². The molecule has 3 rings (SSSR count). The van der Waals surface area contributed by atoms with E-state index in [-0.39, 0.29) is 11.4 Å². The summed E-state index contributed by atoms with van der Waals surface area (Å²) in [6, 6.07) is 18.9. The second kappa shape index (κ2) is 5.71. The molecule has 0 bridgehead atoms. The van der Waals surface area contributed by atoms with Crippen LogP contribution in [0.3, 0.4) is 0 Å². The molecule has 0 radical (unpaired) electrons. The summed E-state index contributed by atoms with van der Waals surface area (Å²) in [7, 11) is 0.